The van der Waals surface area contributed by atoms with Gasteiger partial charge >= 0.3 is 0 Å². The normalized spacial score (nSPS) is 18.9. The lowest BCUT2D eigenvalue weighted by Crippen LogP contribution is -2.59. The number of halogens is 1. The van der Waals surface area contributed by atoms with Crippen molar-refractivity contribution in [3.05, 3.63) is 29.0 Å². The number of amidine groups is 1. The second kappa shape index (κ2) is 6.60. The zero-order valence-electron chi connectivity index (χ0n) is 12.5. The molecule has 116 valence electrons. The monoisotopic (exact) mass is 311 g/mol. The molecule has 0 amide bonds. The summed E-state index contributed by atoms with van der Waals surface area (Å²) in [5.74, 6) is 0.244. The van der Waals surface area contributed by atoms with Gasteiger partial charge in [0, 0.05) is 45.1 Å². The van der Waals surface area contributed by atoms with Crippen molar-refractivity contribution in [2.45, 2.75) is 25.9 Å². The minimum Gasteiger partial charge on any atom is -0.409 e. The first-order chi connectivity index (χ1) is 9.95. The van der Waals surface area contributed by atoms with Crippen molar-refractivity contribution in [2.24, 2.45) is 10.9 Å². The van der Waals surface area contributed by atoms with Gasteiger partial charge in [-0.3, -0.25) is 14.8 Å². The van der Waals surface area contributed by atoms with E-state index in [1.165, 1.54) is 0 Å². The summed E-state index contributed by atoms with van der Waals surface area (Å²) in [4.78, 5) is 8.58. The molecular formula is C14H22ClN5O. The zero-order valence-corrected chi connectivity index (χ0v) is 13.2. The fourth-order valence-electron chi connectivity index (χ4n) is 2.52. The summed E-state index contributed by atoms with van der Waals surface area (Å²) in [7, 11) is 0. The molecule has 1 fully saturated rings. The largest absolute Gasteiger partial charge is 0.409 e. The Morgan fingerprint density at radius 2 is 2.10 bits per heavy atom. The van der Waals surface area contributed by atoms with Gasteiger partial charge in [-0.15, -0.1) is 0 Å². The Morgan fingerprint density at radius 3 is 2.67 bits per heavy atom. The molecule has 0 atom stereocenters. The quantitative estimate of drug-likeness (QED) is 0.380. The maximum Gasteiger partial charge on any atom is 0.159 e. The molecule has 0 unspecified atom stereocenters. The fraction of sp³-hybridized carbons (Fsp3) is 0.571. The molecule has 0 radical (unpaired) electrons. The Balaban J connectivity index is 1.93. The van der Waals surface area contributed by atoms with Gasteiger partial charge in [0.05, 0.1) is 10.6 Å². The van der Waals surface area contributed by atoms with Gasteiger partial charge in [0.25, 0.3) is 0 Å². The number of nitrogens with zero attached hydrogens (tertiary/aromatic N) is 4. The summed E-state index contributed by atoms with van der Waals surface area (Å²) >= 11 is 6.15. The molecule has 2 heterocycles. The number of piperazine rings is 1. The molecule has 6 nitrogen and oxygen atoms in total. The topological polar surface area (TPSA) is 78.0 Å². The van der Waals surface area contributed by atoms with E-state index >= 15 is 0 Å². The molecule has 1 aliphatic rings. The van der Waals surface area contributed by atoms with Gasteiger partial charge in [-0.25, -0.2) is 0 Å². The summed E-state index contributed by atoms with van der Waals surface area (Å²) < 4.78 is 0. The van der Waals surface area contributed by atoms with Gasteiger partial charge in [-0.1, -0.05) is 16.8 Å². The highest BCUT2D eigenvalue weighted by atomic mass is 35.5. The van der Waals surface area contributed by atoms with Crippen LogP contribution in [0, 0.1) is 0 Å². The standard InChI is InChI=1S/C14H22ClN5O/c1-14(2,13(16)18-21)20-7-5-19(6-8-20)10-11-3-4-17-9-12(11)15/h3-4,9,21H,5-8,10H2,1-2H3,(H2,16,18). The lowest BCUT2D eigenvalue weighted by Gasteiger charge is -2.43. The second-order valence-corrected chi connectivity index (χ2v) is 6.18. The Morgan fingerprint density at radius 1 is 1.43 bits per heavy atom. The maximum absolute atomic E-state index is 8.88. The average molecular weight is 312 g/mol. The second-order valence-electron chi connectivity index (χ2n) is 5.77. The van der Waals surface area contributed by atoms with Gasteiger partial charge in [0.2, 0.25) is 0 Å². The molecule has 1 aromatic rings. The minimum atomic E-state index is -0.435. The molecule has 0 aliphatic carbocycles. The van der Waals surface area contributed by atoms with E-state index in [2.05, 4.69) is 19.9 Å². The molecule has 21 heavy (non-hydrogen) atoms. The Bertz CT molecular complexity index is 512. The van der Waals surface area contributed by atoms with Crippen LogP contribution in [0.25, 0.3) is 0 Å². The van der Waals surface area contributed by atoms with Crippen LogP contribution in [-0.4, -0.2) is 57.5 Å². The molecule has 1 saturated heterocycles. The Labute approximate surface area is 130 Å². The molecule has 1 aliphatic heterocycles. The van der Waals surface area contributed by atoms with Crippen LogP contribution < -0.4 is 5.73 Å². The number of rotatable bonds is 4. The van der Waals surface area contributed by atoms with Crippen molar-refractivity contribution in [3.63, 3.8) is 0 Å². The molecule has 3 N–H and O–H groups in total. The van der Waals surface area contributed by atoms with Gasteiger partial charge in [-0.05, 0) is 25.5 Å². The molecular weight excluding hydrogens is 290 g/mol. The van der Waals surface area contributed by atoms with Crippen molar-refractivity contribution in [1.82, 2.24) is 14.8 Å². The Kier molecular flexibility index (Phi) is 5.03. The van der Waals surface area contributed by atoms with E-state index in [1.807, 2.05) is 19.9 Å². The predicted octanol–water partition coefficient (Wildman–Crippen LogP) is 1.38. The fourth-order valence-corrected chi connectivity index (χ4v) is 2.70. The average Bonchev–Trinajstić information content (AvgIpc) is 2.49. The van der Waals surface area contributed by atoms with Crippen LogP contribution in [0.4, 0.5) is 0 Å². The van der Waals surface area contributed by atoms with Gasteiger partial charge in [0.1, 0.15) is 0 Å². The van der Waals surface area contributed by atoms with Crippen LogP contribution in [0.5, 0.6) is 0 Å². The van der Waals surface area contributed by atoms with Gasteiger partial charge < -0.3 is 10.9 Å². The van der Waals surface area contributed by atoms with E-state index in [0.29, 0.717) is 5.02 Å². The predicted molar refractivity (Wildman–Crippen MR) is 83.6 cm³/mol. The molecule has 7 heteroatoms. The molecule has 0 saturated carbocycles. The van der Waals surface area contributed by atoms with Crippen LogP contribution in [0.2, 0.25) is 5.02 Å². The Hall–Kier alpha value is -1.37. The van der Waals surface area contributed by atoms with E-state index in [1.54, 1.807) is 12.4 Å². The summed E-state index contributed by atoms with van der Waals surface area (Å²) in [5.41, 5.74) is 6.44. The van der Waals surface area contributed by atoms with E-state index in [0.717, 1.165) is 38.3 Å². The summed E-state index contributed by atoms with van der Waals surface area (Å²) in [6.07, 6.45) is 3.44. The van der Waals surface area contributed by atoms with Gasteiger partial charge in [0.15, 0.2) is 5.84 Å². The first-order valence-electron chi connectivity index (χ1n) is 6.99. The van der Waals surface area contributed by atoms with Crippen molar-refractivity contribution < 1.29 is 5.21 Å². The summed E-state index contributed by atoms with van der Waals surface area (Å²) in [6, 6.07) is 1.95. The minimum absolute atomic E-state index is 0.244. The molecule has 0 spiro atoms. The number of oxime groups is 1. The first-order valence-corrected chi connectivity index (χ1v) is 7.36. The van der Waals surface area contributed by atoms with Crippen molar-refractivity contribution in [3.8, 4) is 0 Å². The number of aromatic nitrogens is 1. The van der Waals surface area contributed by atoms with Crippen LogP contribution in [0.3, 0.4) is 0 Å². The SMILES string of the molecule is CC(C)(C(N)=NO)N1CCN(Cc2ccncc2Cl)CC1. The molecule has 1 aromatic heterocycles. The highest BCUT2D eigenvalue weighted by molar-refractivity contribution is 6.31. The third-order valence-electron chi connectivity index (χ3n) is 4.15. The maximum atomic E-state index is 8.88. The summed E-state index contributed by atoms with van der Waals surface area (Å²) in [6.45, 7) is 8.33. The third kappa shape index (κ3) is 3.64. The van der Waals surface area contributed by atoms with Gasteiger partial charge in [-0.2, -0.15) is 0 Å². The highest BCUT2D eigenvalue weighted by Gasteiger charge is 2.33. The highest BCUT2D eigenvalue weighted by Crippen LogP contribution is 2.20. The van der Waals surface area contributed by atoms with Crippen molar-refractivity contribution >= 4 is 17.4 Å². The van der Waals surface area contributed by atoms with E-state index in [9.17, 15) is 0 Å². The van der Waals surface area contributed by atoms with Crippen molar-refractivity contribution in [2.75, 3.05) is 26.2 Å². The lowest BCUT2D eigenvalue weighted by molar-refractivity contribution is 0.0794. The van der Waals surface area contributed by atoms with Crippen LogP contribution in [0.1, 0.15) is 19.4 Å². The molecule has 2 rings (SSSR count). The first kappa shape index (κ1) is 16.0. The number of pyridine rings is 1. The number of hydrogen-bond donors (Lipinski definition) is 2. The van der Waals surface area contributed by atoms with E-state index in [4.69, 9.17) is 22.5 Å². The van der Waals surface area contributed by atoms with Crippen LogP contribution >= 0.6 is 11.6 Å². The third-order valence-corrected chi connectivity index (χ3v) is 4.49. The van der Waals surface area contributed by atoms with Crippen LogP contribution in [0.15, 0.2) is 23.6 Å². The lowest BCUT2D eigenvalue weighted by atomic mass is 10.00. The van der Waals surface area contributed by atoms with E-state index < -0.39 is 5.54 Å². The molecule has 0 aromatic carbocycles. The van der Waals surface area contributed by atoms with E-state index in [-0.39, 0.29) is 5.84 Å². The summed E-state index contributed by atoms with van der Waals surface area (Å²) in [5, 5.41) is 12.7. The molecule has 0 bridgehead atoms. The smallest absolute Gasteiger partial charge is 0.159 e. The van der Waals surface area contributed by atoms with Crippen LogP contribution in [-0.2, 0) is 6.54 Å². The van der Waals surface area contributed by atoms with Crippen molar-refractivity contribution in [1.29, 1.82) is 0 Å². The number of hydrogen-bond acceptors (Lipinski definition) is 5. The zero-order chi connectivity index (χ0) is 15.5. The number of nitrogens with two attached hydrogens (primary N) is 1.